The van der Waals surface area contributed by atoms with Gasteiger partial charge in [0.25, 0.3) is 11.5 Å². The average Bonchev–Trinajstić information content (AvgIpc) is 3.20. The number of pyridine rings is 1. The molecule has 0 saturated carbocycles. The van der Waals surface area contributed by atoms with Crippen LogP contribution < -0.4 is 15.6 Å². The molecule has 0 spiro atoms. The minimum Gasteiger partial charge on any atom is -0.486 e. The average molecular weight is 480 g/mol. The number of nitrogens with one attached hydrogen (secondary N) is 1. The van der Waals surface area contributed by atoms with Gasteiger partial charge in [0.2, 0.25) is 0 Å². The predicted octanol–water partition coefficient (Wildman–Crippen LogP) is 4.82. The number of aryl methyl sites for hydroxylation is 1. The van der Waals surface area contributed by atoms with Crippen molar-refractivity contribution in [2.75, 3.05) is 0 Å². The third-order valence-electron chi connectivity index (χ3n) is 4.95. The molecule has 4 aromatic rings. The van der Waals surface area contributed by atoms with E-state index < -0.39 is 0 Å². The molecule has 0 radical (unpaired) electrons. The molecule has 1 amide bonds. The molecule has 0 fully saturated rings. The number of carbonyl (C=O) groups excluding carboxylic acids is 1. The number of hydrogen-bond donors (Lipinski definition) is 1. The van der Waals surface area contributed by atoms with Gasteiger partial charge < -0.3 is 14.6 Å². The minimum absolute atomic E-state index is 0.0355. The van der Waals surface area contributed by atoms with Crippen LogP contribution in [-0.2, 0) is 19.7 Å². The summed E-state index contributed by atoms with van der Waals surface area (Å²) in [5.41, 5.74) is 2.63. The molecule has 0 aliphatic carbocycles. The van der Waals surface area contributed by atoms with E-state index in [2.05, 4.69) is 10.3 Å². The van der Waals surface area contributed by atoms with Crippen molar-refractivity contribution in [3.8, 4) is 5.75 Å². The first-order valence-electron chi connectivity index (χ1n) is 10.3. The van der Waals surface area contributed by atoms with Crippen LogP contribution in [0.4, 0.5) is 0 Å². The molecule has 33 heavy (non-hydrogen) atoms. The minimum atomic E-state index is -0.164. The number of thiazole rings is 1. The highest BCUT2D eigenvalue weighted by Crippen LogP contribution is 2.21. The van der Waals surface area contributed by atoms with Gasteiger partial charge in [0.05, 0.1) is 12.2 Å². The van der Waals surface area contributed by atoms with Gasteiger partial charge >= 0.3 is 0 Å². The fourth-order valence-corrected chi connectivity index (χ4v) is 4.23. The number of aromatic nitrogens is 2. The Hall–Kier alpha value is -3.42. The lowest BCUT2D eigenvalue weighted by Gasteiger charge is -2.08. The second-order valence-electron chi connectivity index (χ2n) is 7.43. The summed E-state index contributed by atoms with van der Waals surface area (Å²) >= 11 is 7.21. The normalized spacial score (nSPS) is 10.7. The van der Waals surface area contributed by atoms with Gasteiger partial charge in [-0.15, -0.1) is 11.3 Å². The van der Waals surface area contributed by atoms with Crippen molar-refractivity contribution in [1.82, 2.24) is 14.9 Å². The number of benzene rings is 2. The Balaban J connectivity index is 1.31. The predicted molar refractivity (Wildman–Crippen MR) is 130 cm³/mol. The van der Waals surface area contributed by atoms with Crippen LogP contribution in [0.2, 0.25) is 5.02 Å². The van der Waals surface area contributed by atoms with Crippen molar-refractivity contribution in [3.05, 3.63) is 115 Å². The molecular weight excluding hydrogens is 458 g/mol. The van der Waals surface area contributed by atoms with Gasteiger partial charge in [-0.1, -0.05) is 41.9 Å². The lowest BCUT2D eigenvalue weighted by atomic mass is 10.1. The Morgan fingerprint density at radius 1 is 1.06 bits per heavy atom. The molecule has 0 unspecified atom stereocenters. The number of carbonyl (C=O) groups is 1. The van der Waals surface area contributed by atoms with Crippen LogP contribution >= 0.6 is 22.9 Å². The van der Waals surface area contributed by atoms with E-state index in [0.29, 0.717) is 34.4 Å². The Morgan fingerprint density at radius 3 is 2.52 bits per heavy atom. The molecule has 6 nitrogen and oxygen atoms in total. The number of nitrogens with zero attached hydrogens (tertiary/aromatic N) is 2. The SMILES string of the molecule is Cc1nc(COc2ccc(Cl)cc2)sc1C(=O)NCc1ccc(Cn2ccccc2=O)cc1. The molecule has 168 valence electrons. The molecule has 0 atom stereocenters. The number of ether oxygens (including phenoxy) is 1. The number of rotatable bonds is 8. The van der Waals surface area contributed by atoms with E-state index in [0.717, 1.165) is 16.1 Å². The molecule has 2 heterocycles. The highest BCUT2D eigenvalue weighted by Gasteiger charge is 2.15. The third kappa shape index (κ3) is 6.09. The highest BCUT2D eigenvalue weighted by molar-refractivity contribution is 7.13. The largest absolute Gasteiger partial charge is 0.486 e. The van der Waals surface area contributed by atoms with Crippen molar-refractivity contribution < 1.29 is 9.53 Å². The fourth-order valence-electron chi connectivity index (χ4n) is 3.21. The topological polar surface area (TPSA) is 73.2 Å². The highest BCUT2D eigenvalue weighted by atomic mass is 35.5. The number of amides is 1. The second-order valence-corrected chi connectivity index (χ2v) is 8.95. The Kier molecular flexibility index (Phi) is 7.22. The van der Waals surface area contributed by atoms with E-state index in [1.807, 2.05) is 37.3 Å². The van der Waals surface area contributed by atoms with E-state index in [9.17, 15) is 9.59 Å². The third-order valence-corrected chi connectivity index (χ3v) is 6.33. The smallest absolute Gasteiger partial charge is 0.263 e. The van der Waals surface area contributed by atoms with Crippen molar-refractivity contribution >= 4 is 28.8 Å². The lowest BCUT2D eigenvalue weighted by molar-refractivity contribution is 0.0954. The Morgan fingerprint density at radius 2 is 1.79 bits per heavy atom. The molecule has 0 aliphatic heterocycles. The van der Waals surface area contributed by atoms with Crippen molar-refractivity contribution in [1.29, 1.82) is 0 Å². The summed E-state index contributed by atoms with van der Waals surface area (Å²) in [5.74, 6) is 0.529. The summed E-state index contributed by atoms with van der Waals surface area (Å²) in [5, 5.41) is 4.32. The van der Waals surface area contributed by atoms with E-state index in [-0.39, 0.29) is 18.1 Å². The van der Waals surface area contributed by atoms with Crippen LogP contribution in [0.25, 0.3) is 0 Å². The van der Waals surface area contributed by atoms with Crippen molar-refractivity contribution in [3.63, 3.8) is 0 Å². The quantitative estimate of drug-likeness (QED) is 0.393. The van der Waals surface area contributed by atoms with Gasteiger partial charge in [-0.05, 0) is 48.4 Å². The van der Waals surface area contributed by atoms with E-state index in [4.69, 9.17) is 16.3 Å². The number of hydrogen-bond acceptors (Lipinski definition) is 5. The van der Waals surface area contributed by atoms with E-state index in [1.54, 1.807) is 47.2 Å². The molecule has 2 aromatic heterocycles. The van der Waals surface area contributed by atoms with Gasteiger partial charge in [-0.25, -0.2) is 4.98 Å². The van der Waals surface area contributed by atoms with Crippen LogP contribution in [0.15, 0.2) is 77.7 Å². The summed E-state index contributed by atoms with van der Waals surface area (Å²) in [6, 6.07) is 20.0. The molecule has 0 saturated heterocycles. The van der Waals surface area contributed by atoms with Crippen molar-refractivity contribution in [2.24, 2.45) is 0 Å². The summed E-state index contributed by atoms with van der Waals surface area (Å²) in [6.07, 6.45) is 1.77. The Labute approximate surface area is 200 Å². The molecule has 4 rings (SSSR count). The lowest BCUT2D eigenvalue weighted by Crippen LogP contribution is -2.22. The molecule has 2 aromatic carbocycles. The first-order valence-corrected chi connectivity index (χ1v) is 11.5. The first-order chi connectivity index (χ1) is 16.0. The van der Waals surface area contributed by atoms with E-state index in [1.165, 1.54) is 11.3 Å². The zero-order valence-corrected chi connectivity index (χ0v) is 19.5. The van der Waals surface area contributed by atoms with E-state index >= 15 is 0 Å². The fraction of sp³-hybridized carbons (Fsp3) is 0.160. The van der Waals surface area contributed by atoms with Gasteiger partial charge in [0.15, 0.2) is 0 Å². The van der Waals surface area contributed by atoms with Crippen molar-refractivity contribution in [2.45, 2.75) is 26.6 Å². The first kappa shape index (κ1) is 22.8. The maximum atomic E-state index is 12.7. The van der Waals surface area contributed by atoms with Gasteiger partial charge in [-0.3, -0.25) is 9.59 Å². The van der Waals surface area contributed by atoms with Gasteiger partial charge in [-0.2, -0.15) is 0 Å². The maximum Gasteiger partial charge on any atom is 0.263 e. The standard InChI is InChI=1S/C25H22ClN3O3S/c1-17-24(33-22(28-17)16-32-21-11-9-20(26)10-12-21)25(31)27-14-18-5-7-19(8-6-18)15-29-13-3-2-4-23(29)30/h2-13H,14-16H2,1H3,(H,27,31). The van der Waals surface area contributed by atoms with Crippen LogP contribution in [-0.4, -0.2) is 15.5 Å². The Bertz CT molecular complexity index is 1300. The van der Waals surface area contributed by atoms with Crippen LogP contribution in [0, 0.1) is 6.92 Å². The van der Waals surface area contributed by atoms with Gasteiger partial charge in [0.1, 0.15) is 22.2 Å². The van der Waals surface area contributed by atoms with Crippen LogP contribution in [0.1, 0.15) is 31.5 Å². The zero-order valence-electron chi connectivity index (χ0n) is 18.0. The molecule has 8 heteroatoms. The van der Waals surface area contributed by atoms with Crippen LogP contribution in [0.5, 0.6) is 5.75 Å². The molecule has 0 aliphatic rings. The molecular formula is C25H22ClN3O3S. The summed E-state index contributed by atoms with van der Waals surface area (Å²) in [4.78, 5) is 29.6. The molecule has 0 bridgehead atoms. The number of halogens is 1. The zero-order chi connectivity index (χ0) is 23.2. The summed E-state index contributed by atoms with van der Waals surface area (Å²) in [6.45, 7) is 3.01. The molecule has 1 N–H and O–H groups in total. The summed E-state index contributed by atoms with van der Waals surface area (Å²) < 4.78 is 7.37. The second kappa shape index (κ2) is 10.5. The maximum absolute atomic E-state index is 12.7. The summed E-state index contributed by atoms with van der Waals surface area (Å²) in [7, 11) is 0. The van der Waals surface area contributed by atoms with Crippen LogP contribution in [0.3, 0.4) is 0 Å². The monoisotopic (exact) mass is 479 g/mol. The van der Waals surface area contributed by atoms with Gasteiger partial charge in [0, 0.05) is 23.8 Å².